The molecule has 1 aliphatic heterocycles. The van der Waals surface area contributed by atoms with Gasteiger partial charge in [0.2, 0.25) is 0 Å². The van der Waals surface area contributed by atoms with Crippen molar-refractivity contribution in [3.63, 3.8) is 0 Å². The molecule has 1 fully saturated rings. The molecule has 0 unspecified atom stereocenters. The van der Waals surface area contributed by atoms with Crippen LogP contribution in [0.25, 0.3) is 0 Å². The molecule has 2 heteroatoms. The third-order valence-electron chi connectivity index (χ3n) is 3.06. The molecule has 1 aromatic carbocycles. The van der Waals surface area contributed by atoms with E-state index < -0.39 is 0 Å². The molecule has 2 nitrogen and oxygen atoms in total. The number of hydrogen-bond acceptors (Lipinski definition) is 2. The van der Waals surface area contributed by atoms with Crippen LogP contribution in [-0.4, -0.2) is 24.7 Å². The number of aryl methyl sites for hydroxylation is 1. The fourth-order valence-corrected chi connectivity index (χ4v) is 1.87. The van der Waals surface area contributed by atoms with E-state index in [0.29, 0.717) is 6.17 Å². The van der Waals surface area contributed by atoms with Crippen molar-refractivity contribution in [1.82, 2.24) is 10.2 Å². The van der Waals surface area contributed by atoms with Crippen LogP contribution < -0.4 is 5.32 Å². The van der Waals surface area contributed by atoms with E-state index in [0.717, 1.165) is 13.0 Å². The minimum absolute atomic E-state index is 0.403. The molecule has 0 spiro atoms. The van der Waals surface area contributed by atoms with Gasteiger partial charge in [-0.15, -0.1) is 0 Å². The molecule has 1 atom stereocenters. The standard InChI is InChI=1S/C13H18N2/c1-10-4-6-12(7-5-10)8-13-14-9-11(2)15(13)3/h4-7,13-14H,2,8-9H2,1,3H3/t13-/m1/s1. The summed E-state index contributed by atoms with van der Waals surface area (Å²) in [5.74, 6) is 0. The summed E-state index contributed by atoms with van der Waals surface area (Å²) in [6.45, 7) is 7.03. The molecule has 0 bridgehead atoms. The predicted octanol–water partition coefficient (Wildman–Crippen LogP) is 1.91. The second-order valence-electron chi connectivity index (χ2n) is 4.26. The lowest BCUT2D eigenvalue weighted by Crippen LogP contribution is -2.34. The second-order valence-corrected chi connectivity index (χ2v) is 4.26. The van der Waals surface area contributed by atoms with Crippen LogP contribution in [-0.2, 0) is 6.42 Å². The van der Waals surface area contributed by atoms with E-state index in [4.69, 9.17) is 0 Å². The van der Waals surface area contributed by atoms with E-state index in [-0.39, 0.29) is 0 Å². The maximum Gasteiger partial charge on any atom is 0.0833 e. The number of rotatable bonds is 2. The maximum atomic E-state index is 4.00. The smallest absolute Gasteiger partial charge is 0.0833 e. The van der Waals surface area contributed by atoms with E-state index in [1.807, 2.05) is 0 Å². The van der Waals surface area contributed by atoms with Gasteiger partial charge in [-0.2, -0.15) is 0 Å². The van der Waals surface area contributed by atoms with Gasteiger partial charge in [0.1, 0.15) is 0 Å². The lowest BCUT2D eigenvalue weighted by molar-refractivity contribution is 0.327. The predicted molar refractivity (Wildman–Crippen MR) is 63.6 cm³/mol. The first-order valence-electron chi connectivity index (χ1n) is 5.36. The summed E-state index contributed by atoms with van der Waals surface area (Å²) in [6.07, 6.45) is 1.44. The fourth-order valence-electron chi connectivity index (χ4n) is 1.87. The van der Waals surface area contributed by atoms with Gasteiger partial charge in [-0.1, -0.05) is 36.4 Å². The third-order valence-corrected chi connectivity index (χ3v) is 3.06. The summed E-state index contributed by atoms with van der Waals surface area (Å²) in [4.78, 5) is 2.22. The topological polar surface area (TPSA) is 15.3 Å². The highest BCUT2D eigenvalue weighted by atomic mass is 15.3. The van der Waals surface area contributed by atoms with E-state index in [9.17, 15) is 0 Å². The maximum absolute atomic E-state index is 4.00. The van der Waals surface area contributed by atoms with Gasteiger partial charge in [-0.05, 0) is 12.5 Å². The third kappa shape index (κ3) is 2.21. The van der Waals surface area contributed by atoms with Crippen molar-refractivity contribution in [3.8, 4) is 0 Å². The normalized spacial score (nSPS) is 21.1. The first kappa shape index (κ1) is 10.2. The van der Waals surface area contributed by atoms with Crippen LogP contribution in [0.5, 0.6) is 0 Å². The number of benzene rings is 1. The average molecular weight is 202 g/mol. The van der Waals surface area contributed by atoms with Crippen molar-refractivity contribution >= 4 is 0 Å². The molecule has 1 aromatic rings. The minimum atomic E-state index is 0.403. The second kappa shape index (κ2) is 4.07. The number of nitrogens with zero attached hydrogens (tertiary/aromatic N) is 1. The molecule has 80 valence electrons. The summed E-state index contributed by atoms with van der Waals surface area (Å²) in [5.41, 5.74) is 3.86. The van der Waals surface area contributed by atoms with Gasteiger partial charge < -0.3 is 4.90 Å². The van der Waals surface area contributed by atoms with Gasteiger partial charge in [0.15, 0.2) is 0 Å². The minimum Gasteiger partial charge on any atom is -0.361 e. The van der Waals surface area contributed by atoms with Crippen molar-refractivity contribution < 1.29 is 0 Å². The van der Waals surface area contributed by atoms with Crippen LogP contribution in [0, 0.1) is 6.92 Å². The van der Waals surface area contributed by atoms with E-state index >= 15 is 0 Å². The van der Waals surface area contributed by atoms with Gasteiger partial charge in [0.25, 0.3) is 0 Å². The number of likely N-dealkylation sites (N-methyl/N-ethyl adjacent to an activating group) is 1. The Bertz CT molecular complexity index is 353. The highest BCUT2D eigenvalue weighted by Gasteiger charge is 2.22. The quantitative estimate of drug-likeness (QED) is 0.788. The molecule has 0 saturated carbocycles. The van der Waals surface area contributed by atoms with Crippen LogP contribution in [0.3, 0.4) is 0 Å². The molecule has 1 N–H and O–H groups in total. The highest BCUT2D eigenvalue weighted by Crippen LogP contribution is 2.15. The molecule has 1 aliphatic rings. The molecule has 1 saturated heterocycles. The van der Waals surface area contributed by atoms with Crippen LogP contribution in [0.15, 0.2) is 36.5 Å². The Morgan fingerprint density at radius 1 is 1.40 bits per heavy atom. The zero-order chi connectivity index (χ0) is 10.8. The molecule has 2 rings (SSSR count). The Morgan fingerprint density at radius 3 is 2.60 bits per heavy atom. The summed E-state index contributed by atoms with van der Waals surface area (Å²) < 4.78 is 0. The first-order chi connectivity index (χ1) is 7.16. The van der Waals surface area contributed by atoms with Gasteiger partial charge in [0, 0.05) is 25.7 Å². The monoisotopic (exact) mass is 202 g/mol. The lowest BCUT2D eigenvalue weighted by atomic mass is 10.1. The summed E-state index contributed by atoms with van der Waals surface area (Å²) in [7, 11) is 2.10. The van der Waals surface area contributed by atoms with Crippen molar-refractivity contribution in [1.29, 1.82) is 0 Å². The zero-order valence-corrected chi connectivity index (χ0v) is 9.46. The Morgan fingerprint density at radius 2 is 2.07 bits per heavy atom. The van der Waals surface area contributed by atoms with Crippen molar-refractivity contribution in [2.24, 2.45) is 0 Å². The van der Waals surface area contributed by atoms with Crippen molar-refractivity contribution in [2.45, 2.75) is 19.5 Å². The Kier molecular flexibility index (Phi) is 2.78. The summed E-state index contributed by atoms with van der Waals surface area (Å²) in [6, 6.07) is 8.73. The Hall–Kier alpha value is -1.28. The van der Waals surface area contributed by atoms with Gasteiger partial charge in [-0.3, -0.25) is 5.32 Å². The lowest BCUT2D eigenvalue weighted by Gasteiger charge is -2.21. The average Bonchev–Trinajstić information content (AvgIpc) is 2.53. The fraction of sp³-hybridized carbons (Fsp3) is 0.385. The molecular weight excluding hydrogens is 184 g/mol. The zero-order valence-electron chi connectivity index (χ0n) is 9.46. The summed E-state index contributed by atoms with van der Waals surface area (Å²) in [5, 5.41) is 3.45. The van der Waals surface area contributed by atoms with Crippen LogP contribution in [0.2, 0.25) is 0 Å². The van der Waals surface area contributed by atoms with Gasteiger partial charge in [-0.25, -0.2) is 0 Å². The Labute approximate surface area is 91.6 Å². The largest absolute Gasteiger partial charge is 0.361 e. The molecule has 1 heterocycles. The summed E-state index contributed by atoms with van der Waals surface area (Å²) >= 11 is 0. The van der Waals surface area contributed by atoms with Crippen LogP contribution >= 0.6 is 0 Å². The Balaban J connectivity index is 2.03. The van der Waals surface area contributed by atoms with Crippen molar-refractivity contribution in [3.05, 3.63) is 47.7 Å². The van der Waals surface area contributed by atoms with Gasteiger partial charge in [0.05, 0.1) is 6.17 Å². The van der Waals surface area contributed by atoms with Crippen LogP contribution in [0.4, 0.5) is 0 Å². The highest BCUT2D eigenvalue weighted by molar-refractivity contribution is 5.22. The molecule has 0 aromatic heterocycles. The van der Waals surface area contributed by atoms with E-state index in [2.05, 4.69) is 55.0 Å². The molecule has 0 amide bonds. The van der Waals surface area contributed by atoms with Gasteiger partial charge >= 0.3 is 0 Å². The number of nitrogens with one attached hydrogen (secondary N) is 1. The number of hydrogen-bond donors (Lipinski definition) is 1. The SMILES string of the molecule is C=C1CN[C@@H](Cc2ccc(C)cc2)N1C. The first-order valence-corrected chi connectivity index (χ1v) is 5.36. The molecular formula is C13H18N2. The van der Waals surface area contributed by atoms with Crippen molar-refractivity contribution in [2.75, 3.05) is 13.6 Å². The van der Waals surface area contributed by atoms with Crippen LogP contribution in [0.1, 0.15) is 11.1 Å². The molecule has 15 heavy (non-hydrogen) atoms. The van der Waals surface area contributed by atoms with E-state index in [1.54, 1.807) is 0 Å². The van der Waals surface area contributed by atoms with E-state index in [1.165, 1.54) is 16.8 Å². The molecule has 0 aliphatic carbocycles. The molecule has 0 radical (unpaired) electrons.